The molecule has 3 N–H and O–H groups in total. The largest absolute Gasteiger partial charge is 0.388 e. The van der Waals surface area contributed by atoms with Crippen LogP contribution in [0.2, 0.25) is 0 Å². The van der Waals surface area contributed by atoms with Crippen molar-refractivity contribution in [2.45, 2.75) is 71.1 Å². The SMILES string of the molecule is CCCCCCCCCCCC(=N)N. The van der Waals surface area contributed by atoms with E-state index >= 15 is 0 Å². The van der Waals surface area contributed by atoms with E-state index in [1.807, 2.05) is 0 Å². The Bertz CT molecular complexity index is 132. The maximum Gasteiger partial charge on any atom is 0.0905 e. The molecule has 84 valence electrons. The fourth-order valence-electron chi connectivity index (χ4n) is 1.63. The van der Waals surface area contributed by atoms with Gasteiger partial charge in [-0.15, -0.1) is 0 Å². The van der Waals surface area contributed by atoms with Gasteiger partial charge in [0.25, 0.3) is 0 Å². The summed E-state index contributed by atoms with van der Waals surface area (Å²) in [4.78, 5) is 0. The number of amidine groups is 1. The van der Waals surface area contributed by atoms with Crippen LogP contribution in [-0.2, 0) is 0 Å². The Hall–Kier alpha value is -0.530. The highest BCUT2D eigenvalue weighted by Crippen LogP contribution is 2.10. The first-order valence-corrected chi connectivity index (χ1v) is 6.10. The van der Waals surface area contributed by atoms with Crippen molar-refractivity contribution in [3.05, 3.63) is 0 Å². The number of nitrogens with two attached hydrogens (primary N) is 1. The second-order valence-corrected chi connectivity index (χ2v) is 4.10. The van der Waals surface area contributed by atoms with E-state index in [1.54, 1.807) is 0 Å². The Morgan fingerprint density at radius 1 is 0.857 bits per heavy atom. The molecule has 2 heteroatoms. The van der Waals surface area contributed by atoms with Crippen molar-refractivity contribution < 1.29 is 0 Å². The van der Waals surface area contributed by atoms with Gasteiger partial charge < -0.3 is 5.73 Å². The van der Waals surface area contributed by atoms with Crippen LogP contribution in [0.1, 0.15) is 71.1 Å². The van der Waals surface area contributed by atoms with E-state index in [4.69, 9.17) is 11.1 Å². The molecule has 0 saturated heterocycles. The zero-order chi connectivity index (χ0) is 10.6. The van der Waals surface area contributed by atoms with Crippen LogP contribution in [0.5, 0.6) is 0 Å². The molecule has 2 nitrogen and oxygen atoms in total. The summed E-state index contributed by atoms with van der Waals surface area (Å²) in [6, 6.07) is 0. The average Bonchev–Trinajstić information content (AvgIpc) is 2.15. The molecule has 0 spiro atoms. The van der Waals surface area contributed by atoms with Crippen molar-refractivity contribution >= 4 is 5.84 Å². The Balaban J connectivity index is 2.88. The van der Waals surface area contributed by atoms with E-state index in [0.29, 0.717) is 5.84 Å². The van der Waals surface area contributed by atoms with Gasteiger partial charge in [-0.1, -0.05) is 58.3 Å². The molecule has 14 heavy (non-hydrogen) atoms. The lowest BCUT2D eigenvalue weighted by molar-refractivity contribution is 0.568. The van der Waals surface area contributed by atoms with Crippen LogP contribution in [0.3, 0.4) is 0 Å². The van der Waals surface area contributed by atoms with Crippen molar-refractivity contribution in [3.8, 4) is 0 Å². The lowest BCUT2D eigenvalue weighted by Gasteiger charge is -2.01. The monoisotopic (exact) mass is 198 g/mol. The van der Waals surface area contributed by atoms with Gasteiger partial charge in [0.15, 0.2) is 0 Å². The summed E-state index contributed by atoms with van der Waals surface area (Å²) in [5.74, 6) is 0.341. The molecule has 0 unspecified atom stereocenters. The zero-order valence-corrected chi connectivity index (χ0v) is 9.65. The highest BCUT2D eigenvalue weighted by molar-refractivity contribution is 5.76. The summed E-state index contributed by atoms with van der Waals surface area (Å²) in [6.07, 6.45) is 12.7. The van der Waals surface area contributed by atoms with Gasteiger partial charge in [-0.05, 0) is 6.42 Å². The number of hydrogen-bond donors (Lipinski definition) is 2. The Morgan fingerprint density at radius 3 is 1.71 bits per heavy atom. The second kappa shape index (κ2) is 10.6. The zero-order valence-electron chi connectivity index (χ0n) is 9.65. The van der Waals surface area contributed by atoms with Crippen molar-refractivity contribution in [2.24, 2.45) is 5.73 Å². The lowest BCUT2D eigenvalue weighted by atomic mass is 10.1. The van der Waals surface area contributed by atoms with Crippen molar-refractivity contribution in [3.63, 3.8) is 0 Å². The van der Waals surface area contributed by atoms with Gasteiger partial charge in [0, 0.05) is 6.42 Å². The minimum atomic E-state index is 0.341. The topological polar surface area (TPSA) is 49.9 Å². The van der Waals surface area contributed by atoms with E-state index in [0.717, 1.165) is 12.8 Å². The van der Waals surface area contributed by atoms with Crippen molar-refractivity contribution in [2.75, 3.05) is 0 Å². The van der Waals surface area contributed by atoms with E-state index in [-0.39, 0.29) is 0 Å². The molecule has 0 aromatic rings. The molecule has 0 aromatic heterocycles. The standard InChI is InChI=1S/C12H26N2/c1-2-3-4-5-6-7-8-9-10-11-12(13)14/h2-11H2,1H3,(H3,13,14). The summed E-state index contributed by atoms with van der Waals surface area (Å²) >= 11 is 0. The van der Waals surface area contributed by atoms with E-state index < -0.39 is 0 Å². The first-order chi connectivity index (χ1) is 6.77. The molecule has 0 saturated carbocycles. The molecule has 0 rings (SSSR count). The molecule has 0 heterocycles. The molecule has 0 radical (unpaired) electrons. The number of hydrogen-bond acceptors (Lipinski definition) is 1. The fourth-order valence-corrected chi connectivity index (χ4v) is 1.63. The van der Waals surface area contributed by atoms with Crippen LogP contribution in [0.4, 0.5) is 0 Å². The Labute approximate surface area is 88.8 Å². The number of nitrogens with one attached hydrogen (secondary N) is 1. The highest BCUT2D eigenvalue weighted by atomic mass is 14.7. The molecule has 0 aliphatic rings. The molecule has 0 bridgehead atoms. The van der Waals surface area contributed by atoms with Crippen molar-refractivity contribution in [1.29, 1.82) is 5.41 Å². The van der Waals surface area contributed by atoms with Crippen LogP contribution in [0.15, 0.2) is 0 Å². The van der Waals surface area contributed by atoms with Gasteiger partial charge in [-0.2, -0.15) is 0 Å². The van der Waals surface area contributed by atoms with E-state index in [1.165, 1.54) is 51.4 Å². The first-order valence-electron chi connectivity index (χ1n) is 6.10. The summed E-state index contributed by atoms with van der Waals surface area (Å²) in [5, 5.41) is 7.06. The van der Waals surface area contributed by atoms with Crippen LogP contribution in [0, 0.1) is 5.41 Å². The Kier molecular flexibility index (Phi) is 10.2. The van der Waals surface area contributed by atoms with Crippen molar-refractivity contribution in [1.82, 2.24) is 0 Å². The summed E-state index contributed by atoms with van der Waals surface area (Å²) in [6.45, 7) is 2.25. The quantitative estimate of drug-likeness (QED) is 0.313. The minimum Gasteiger partial charge on any atom is -0.388 e. The van der Waals surface area contributed by atoms with Crippen LogP contribution >= 0.6 is 0 Å². The van der Waals surface area contributed by atoms with Crippen LogP contribution in [-0.4, -0.2) is 5.84 Å². The van der Waals surface area contributed by atoms with Gasteiger partial charge in [-0.25, -0.2) is 0 Å². The van der Waals surface area contributed by atoms with E-state index in [9.17, 15) is 0 Å². The smallest absolute Gasteiger partial charge is 0.0905 e. The Morgan fingerprint density at radius 2 is 1.29 bits per heavy atom. The predicted molar refractivity (Wildman–Crippen MR) is 63.8 cm³/mol. The lowest BCUT2D eigenvalue weighted by Crippen LogP contribution is -2.08. The third-order valence-corrected chi connectivity index (χ3v) is 2.55. The number of rotatable bonds is 10. The van der Waals surface area contributed by atoms with Crippen LogP contribution in [0.25, 0.3) is 0 Å². The summed E-state index contributed by atoms with van der Waals surface area (Å²) < 4.78 is 0. The fraction of sp³-hybridized carbons (Fsp3) is 0.917. The van der Waals surface area contributed by atoms with Gasteiger partial charge in [0.1, 0.15) is 0 Å². The first kappa shape index (κ1) is 13.5. The maximum absolute atomic E-state index is 7.06. The highest BCUT2D eigenvalue weighted by Gasteiger charge is 1.93. The molecule has 0 amide bonds. The molecule has 0 aromatic carbocycles. The minimum absolute atomic E-state index is 0.341. The molecule has 0 aliphatic carbocycles. The third-order valence-electron chi connectivity index (χ3n) is 2.55. The molecular formula is C12H26N2. The summed E-state index contributed by atoms with van der Waals surface area (Å²) in [5.41, 5.74) is 5.27. The van der Waals surface area contributed by atoms with Gasteiger partial charge >= 0.3 is 0 Å². The van der Waals surface area contributed by atoms with Gasteiger partial charge in [0.05, 0.1) is 5.84 Å². The molecular weight excluding hydrogens is 172 g/mol. The normalized spacial score (nSPS) is 10.4. The average molecular weight is 198 g/mol. The second-order valence-electron chi connectivity index (χ2n) is 4.10. The molecule has 0 fully saturated rings. The van der Waals surface area contributed by atoms with Crippen LogP contribution < -0.4 is 5.73 Å². The summed E-state index contributed by atoms with van der Waals surface area (Å²) in [7, 11) is 0. The van der Waals surface area contributed by atoms with Gasteiger partial charge in [-0.3, -0.25) is 5.41 Å². The van der Waals surface area contributed by atoms with E-state index in [2.05, 4.69) is 6.92 Å². The number of unbranched alkanes of at least 4 members (excludes halogenated alkanes) is 8. The van der Waals surface area contributed by atoms with Gasteiger partial charge in [0.2, 0.25) is 0 Å². The maximum atomic E-state index is 7.06. The molecule has 0 aliphatic heterocycles. The molecule has 0 atom stereocenters. The third kappa shape index (κ3) is 11.5. The predicted octanol–water partition coefficient (Wildman–Crippen LogP) is 3.84.